The maximum Gasteiger partial charge on any atom is 0.324 e. The summed E-state index contributed by atoms with van der Waals surface area (Å²) in [5, 5.41) is 8.40. The summed E-state index contributed by atoms with van der Waals surface area (Å²) in [6.45, 7) is 1.37. The van der Waals surface area contributed by atoms with Gasteiger partial charge in [0.2, 0.25) is 0 Å². The quantitative estimate of drug-likeness (QED) is 0.371. The number of carbonyl (C=O) groups excluding carboxylic acids is 1. The van der Waals surface area contributed by atoms with E-state index in [-0.39, 0.29) is 26.2 Å². The van der Waals surface area contributed by atoms with Crippen molar-refractivity contribution in [2.75, 3.05) is 13.1 Å². The Morgan fingerprint density at radius 1 is 1.00 bits per heavy atom. The molecule has 0 unspecified atom stereocenters. The molecule has 0 spiro atoms. The number of rotatable bonds is 12. The van der Waals surface area contributed by atoms with Gasteiger partial charge < -0.3 is 15.7 Å². The molecule has 19 heavy (non-hydrogen) atoms. The minimum Gasteiger partial charge on any atom is -0.481 e. The van der Waals surface area contributed by atoms with E-state index >= 15 is 0 Å². The van der Waals surface area contributed by atoms with Crippen LogP contribution in [-0.4, -0.2) is 30.1 Å². The summed E-state index contributed by atoms with van der Waals surface area (Å²) in [4.78, 5) is 26.2. The third-order valence-corrected chi connectivity index (χ3v) is 2.44. The third kappa shape index (κ3) is 16.9. The highest BCUT2D eigenvalue weighted by Crippen LogP contribution is 2.01. The van der Waals surface area contributed by atoms with Crippen LogP contribution in [0.25, 0.3) is 0 Å². The highest BCUT2D eigenvalue weighted by Gasteiger charge is 2.03. The highest BCUT2D eigenvalue weighted by atomic mass is 16.7. The van der Waals surface area contributed by atoms with Gasteiger partial charge in [0.25, 0.3) is 0 Å². The van der Waals surface area contributed by atoms with Crippen LogP contribution in [0.2, 0.25) is 0 Å². The van der Waals surface area contributed by atoms with E-state index in [1.54, 1.807) is 0 Å². The summed E-state index contributed by atoms with van der Waals surface area (Å²) in [6, 6.07) is 0. The molecule has 0 aliphatic heterocycles. The molecule has 0 fully saturated rings. The molecule has 0 aromatic carbocycles. The smallest absolute Gasteiger partial charge is 0.324 e. The first kappa shape index (κ1) is 20.2. The van der Waals surface area contributed by atoms with E-state index in [0.717, 1.165) is 32.2 Å². The Bertz CT molecular complexity index is 235. The van der Waals surface area contributed by atoms with E-state index in [1.165, 1.54) is 0 Å². The summed E-state index contributed by atoms with van der Waals surface area (Å²) >= 11 is 0. The van der Waals surface area contributed by atoms with Crippen LogP contribution in [0.4, 0.5) is 0 Å². The zero-order chi connectivity index (χ0) is 13.6. The lowest BCUT2D eigenvalue weighted by Crippen LogP contribution is -2.21. The first-order chi connectivity index (χ1) is 8.66. The molecule has 0 heterocycles. The molecule has 6 heteroatoms. The first-order valence-electron chi connectivity index (χ1n) is 6.51. The van der Waals surface area contributed by atoms with Crippen molar-refractivity contribution in [3.63, 3.8) is 0 Å². The van der Waals surface area contributed by atoms with Gasteiger partial charge in [0.1, 0.15) is 0 Å². The topological polar surface area (TPSA) is 102 Å². The fourth-order valence-corrected chi connectivity index (χ4v) is 1.42. The fourth-order valence-electron chi connectivity index (χ4n) is 1.42. The normalized spacial score (nSPS) is 9.74. The second kappa shape index (κ2) is 14.9. The molecule has 0 radical (unpaired) electrons. The Morgan fingerprint density at radius 2 is 1.63 bits per heavy atom. The zero-order valence-corrected chi connectivity index (χ0v) is 10.8. The Labute approximate surface area is 115 Å². The Hall–Kier alpha value is -1.14. The van der Waals surface area contributed by atoms with Gasteiger partial charge in [-0.05, 0) is 32.2 Å². The Kier molecular flexibility index (Phi) is 15.8. The van der Waals surface area contributed by atoms with Crippen molar-refractivity contribution in [2.45, 2.75) is 58.8 Å². The molecule has 0 aliphatic carbocycles. The lowest BCUT2D eigenvalue weighted by atomic mass is 10.2. The number of nitrogens with one attached hydrogen (secondary N) is 1. The van der Waals surface area contributed by atoms with Crippen molar-refractivity contribution in [3.05, 3.63) is 0 Å². The second-order valence-electron chi connectivity index (χ2n) is 4.17. The number of unbranched alkanes of at least 4 members (excludes halogenated alkanes) is 4. The number of carbonyl (C=O) groups is 2. The third-order valence-electron chi connectivity index (χ3n) is 2.44. The predicted molar refractivity (Wildman–Crippen MR) is 74.5 cm³/mol. The van der Waals surface area contributed by atoms with Crippen LogP contribution in [0, 0.1) is 0 Å². The number of carboxylic acids is 1. The van der Waals surface area contributed by atoms with Gasteiger partial charge in [-0.3, -0.25) is 9.59 Å². The van der Waals surface area contributed by atoms with Crippen molar-refractivity contribution in [3.8, 4) is 0 Å². The maximum absolute atomic E-state index is 11.2. The predicted octanol–water partition coefficient (Wildman–Crippen LogP) is 1.83. The first-order valence-corrected chi connectivity index (χ1v) is 6.51. The van der Waals surface area contributed by atoms with E-state index in [1.807, 2.05) is 0 Å². The molecule has 0 saturated carbocycles. The Morgan fingerprint density at radius 3 is 2.26 bits per heavy atom. The summed E-state index contributed by atoms with van der Waals surface area (Å²) < 4.78 is 0. The van der Waals surface area contributed by atoms with E-state index < -0.39 is 5.97 Å². The number of nitrogens with two attached hydrogens (primary N) is 1. The van der Waals surface area contributed by atoms with Crippen molar-refractivity contribution < 1.29 is 19.5 Å². The highest BCUT2D eigenvalue weighted by molar-refractivity contribution is 5.69. The SMILES string of the molecule is C.NCCCCCCNOC(=O)CCCCC(=O)O. The molecule has 0 aromatic rings. The summed E-state index contributed by atoms with van der Waals surface area (Å²) in [5.74, 6) is -1.17. The van der Waals surface area contributed by atoms with E-state index in [9.17, 15) is 9.59 Å². The molecule has 0 rings (SSSR count). The number of hydrogen-bond acceptors (Lipinski definition) is 5. The van der Waals surface area contributed by atoms with Gasteiger partial charge in [0.05, 0.1) is 0 Å². The maximum atomic E-state index is 11.2. The standard InChI is InChI=1S/C12H24N2O4.CH4/c13-9-5-1-2-6-10-14-18-12(17)8-4-3-7-11(15)16;/h14H,1-10,13H2,(H,15,16);1H4. The van der Waals surface area contributed by atoms with Gasteiger partial charge in [0.15, 0.2) is 0 Å². The molecular weight excluding hydrogens is 248 g/mol. The molecule has 114 valence electrons. The average molecular weight is 276 g/mol. The van der Waals surface area contributed by atoms with Crippen LogP contribution >= 0.6 is 0 Å². The van der Waals surface area contributed by atoms with Crippen LogP contribution in [0.15, 0.2) is 0 Å². The van der Waals surface area contributed by atoms with Crippen molar-refractivity contribution in [1.29, 1.82) is 0 Å². The van der Waals surface area contributed by atoms with Gasteiger partial charge in [0, 0.05) is 19.4 Å². The van der Waals surface area contributed by atoms with E-state index in [4.69, 9.17) is 15.7 Å². The van der Waals surface area contributed by atoms with Gasteiger partial charge >= 0.3 is 11.9 Å². The molecular formula is C13H28N2O4. The number of carboxylic acid groups (broad SMARTS) is 1. The molecule has 0 saturated heterocycles. The second-order valence-corrected chi connectivity index (χ2v) is 4.17. The van der Waals surface area contributed by atoms with Gasteiger partial charge in [-0.25, -0.2) is 0 Å². The molecule has 0 aromatic heterocycles. The lowest BCUT2D eigenvalue weighted by Gasteiger charge is -2.05. The van der Waals surface area contributed by atoms with Crippen molar-refractivity contribution >= 4 is 11.9 Å². The number of aliphatic carboxylic acids is 1. The summed E-state index contributed by atoms with van der Waals surface area (Å²) in [6.07, 6.45) is 5.56. The molecule has 4 N–H and O–H groups in total. The van der Waals surface area contributed by atoms with Crippen LogP contribution < -0.4 is 11.2 Å². The Balaban J connectivity index is 0. The minimum absolute atomic E-state index is 0. The fraction of sp³-hybridized carbons (Fsp3) is 0.846. The molecule has 0 aliphatic rings. The molecule has 0 atom stereocenters. The molecule has 6 nitrogen and oxygen atoms in total. The van der Waals surface area contributed by atoms with Crippen LogP contribution in [0.1, 0.15) is 58.8 Å². The number of hydroxylamine groups is 1. The van der Waals surface area contributed by atoms with Crippen molar-refractivity contribution in [1.82, 2.24) is 5.48 Å². The minimum atomic E-state index is -0.834. The van der Waals surface area contributed by atoms with Crippen LogP contribution in [0.3, 0.4) is 0 Å². The average Bonchev–Trinajstić information content (AvgIpc) is 2.33. The summed E-state index contributed by atoms with van der Waals surface area (Å²) in [5.41, 5.74) is 7.98. The number of hydrogen-bond donors (Lipinski definition) is 3. The summed E-state index contributed by atoms with van der Waals surface area (Å²) in [7, 11) is 0. The van der Waals surface area contributed by atoms with Crippen molar-refractivity contribution in [2.24, 2.45) is 5.73 Å². The van der Waals surface area contributed by atoms with Crippen LogP contribution in [0.5, 0.6) is 0 Å². The van der Waals surface area contributed by atoms with E-state index in [0.29, 0.717) is 19.4 Å². The van der Waals surface area contributed by atoms with Gasteiger partial charge in [-0.15, -0.1) is 0 Å². The monoisotopic (exact) mass is 276 g/mol. The largest absolute Gasteiger partial charge is 0.481 e. The van der Waals surface area contributed by atoms with Gasteiger partial charge in [-0.2, -0.15) is 5.48 Å². The zero-order valence-electron chi connectivity index (χ0n) is 10.8. The molecule has 0 bridgehead atoms. The van der Waals surface area contributed by atoms with Gasteiger partial charge in [-0.1, -0.05) is 20.3 Å². The van der Waals surface area contributed by atoms with Crippen LogP contribution in [-0.2, 0) is 14.4 Å². The lowest BCUT2D eigenvalue weighted by molar-refractivity contribution is -0.151. The molecule has 0 amide bonds. The van der Waals surface area contributed by atoms with E-state index in [2.05, 4.69) is 5.48 Å².